The first-order chi connectivity index (χ1) is 28.5. The second kappa shape index (κ2) is 15.6. The number of rotatable bonds is 12. The maximum atomic E-state index is 7.30. The third-order valence-electron chi connectivity index (χ3n) is 14.3. The molecule has 300 valence electrons. The number of nitrogens with zero attached hydrogens (tertiary/aromatic N) is 6. The molecule has 0 saturated carbocycles. The van der Waals surface area contributed by atoms with E-state index in [1.807, 2.05) is 36.7 Å². The van der Waals surface area contributed by atoms with Gasteiger partial charge in [0.25, 0.3) is 0 Å². The highest BCUT2D eigenvalue weighted by atomic mass is 16.5. The summed E-state index contributed by atoms with van der Waals surface area (Å²) in [5.74, 6) is 5.39. The number of hydrogen-bond donors (Lipinski definition) is 0. The van der Waals surface area contributed by atoms with Gasteiger partial charge in [0, 0.05) is 47.4 Å². The molecule has 0 radical (unpaired) electrons. The largest absolute Gasteiger partial charge is 0.497 e. The van der Waals surface area contributed by atoms with E-state index in [4.69, 9.17) is 39.1 Å². The van der Waals surface area contributed by atoms with Crippen LogP contribution < -0.4 is 18.9 Å². The first-order valence-corrected chi connectivity index (χ1v) is 21.5. The number of methoxy groups -OCH3 is 2. The van der Waals surface area contributed by atoms with Gasteiger partial charge in [0.15, 0.2) is 0 Å². The Morgan fingerprint density at radius 2 is 1.07 bits per heavy atom. The lowest BCUT2D eigenvalue weighted by Crippen LogP contribution is -2.56. The molecular formula is C48H54N6O4. The van der Waals surface area contributed by atoms with Crippen LogP contribution >= 0.6 is 0 Å². The van der Waals surface area contributed by atoms with Crippen LogP contribution in [0.5, 0.6) is 23.3 Å². The molecule has 3 aromatic carbocycles. The zero-order valence-corrected chi connectivity index (χ0v) is 34.1. The van der Waals surface area contributed by atoms with Crippen LogP contribution in [0.2, 0.25) is 0 Å². The Morgan fingerprint density at radius 3 is 1.47 bits per heavy atom. The zero-order chi connectivity index (χ0) is 39.3. The predicted molar refractivity (Wildman–Crippen MR) is 227 cm³/mol. The third kappa shape index (κ3) is 6.58. The van der Waals surface area contributed by atoms with E-state index in [9.17, 15) is 0 Å². The van der Waals surface area contributed by atoms with Crippen LogP contribution in [0.25, 0.3) is 32.6 Å². The summed E-state index contributed by atoms with van der Waals surface area (Å²) < 4.78 is 26.0. The number of piperidine rings is 6. The van der Waals surface area contributed by atoms with E-state index in [-0.39, 0.29) is 24.3 Å². The maximum absolute atomic E-state index is 7.30. The van der Waals surface area contributed by atoms with Gasteiger partial charge < -0.3 is 18.9 Å². The lowest BCUT2D eigenvalue weighted by atomic mass is 9.72. The molecule has 2 unspecified atom stereocenters. The fourth-order valence-electron chi connectivity index (χ4n) is 11.1. The second-order valence-electron chi connectivity index (χ2n) is 17.0. The molecule has 6 aliphatic rings. The Bertz CT molecular complexity index is 2280. The number of hydrogen-bond acceptors (Lipinski definition) is 10. The van der Waals surface area contributed by atoms with Gasteiger partial charge in [-0.2, -0.15) is 0 Å². The Hall–Kier alpha value is -5.06. The number of fused-ring (bicyclic) bond motifs is 9. The summed E-state index contributed by atoms with van der Waals surface area (Å²) in [6, 6.07) is 25.1. The highest BCUT2D eigenvalue weighted by Gasteiger charge is 2.46. The molecule has 6 aliphatic heterocycles. The molecule has 6 aromatic rings. The lowest BCUT2D eigenvalue weighted by Gasteiger charge is -2.52. The maximum Gasteiger partial charge on any atom is 0.242 e. The number of ether oxygens (including phenoxy) is 4. The zero-order valence-electron chi connectivity index (χ0n) is 34.1. The molecule has 0 spiro atoms. The minimum absolute atomic E-state index is 0.180. The van der Waals surface area contributed by atoms with Crippen molar-refractivity contribution in [2.45, 2.75) is 76.7 Å². The molecule has 0 amide bonds. The Labute approximate surface area is 340 Å². The van der Waals surface area contributed by atoms with E-state index >= 15 is 0 Å². The van der Waals surface area contributed by atoms with Gasteiger partial charge >= 0.3 is 0 Å². The molecule has 58 heavy (non-hydrogen) atoms. The molecule has 10 heteroatoms. The van der Waals surface area contributed by atoms with Gasteiger partial charge in [0.05, 0.1) is 48.1 Å². The SMILES string of the molecule is CC[C@H]1CN2CC[C@H]1C[C@H]2[C@H](Oc1nnc(O[C@@H](c2ccnc3ccc(OC)cc23)[C@@H]2C[C@H]3CCN2C[C@@H]3CC)c2ccccc12)c1ccnc2ccc(OC)cc12. The van der Waals surface area contributed by atoms with Gasteiger partial charge in [0.2, 0.25) is 11.8 Å². The van der Waals surface area contributed by atoms with Gasteiger partial charge in [-0.15, -0.1) is 10.2 Å². The van der Waals surface area contributed by atoms with Crippen molar-refractivity contribution in [1.29, 1.82) is 0 Å². The second-order valence-corrected chi connectivity index (χ2v) is 17.0. The smallest absolute Gasteiger partial charge is 0.242 e. The Morgan fingerprint density at radius 1 is 0.603 bits per heavy atom. The molecule has 0 N–H and O–H groups in total. The van der Waals surface area contributed by atoms with Crippen molar-refractivity contribution < 1.29 is 18.9 Å². The van der Waals surface area contributed by atoms with E-state index in [2.05, 4.69) is 72.2 Å². The first kappa shape index (κ1) is 37.2. The highest BCUT2D eigenvalue weighted by Crippen LogP contribution is 2.47. The monoisotopic (exact) mass is 778 g/mol. The van der Waals surface area contributed by atoms with Crippen molar-refractivity contribution >= 4 is 32.6 Å². The molecule has 0 aliphatic carbocycles. The minimum atomic E-state index is -0.300. The van der Waals surface area contributed by atoms with Gasteiger partial charge in [-0.05, 0) is 123 Å². The number of pyridine rings is 2. The van der Waals surface area contributed by atoms with E-state index in [0.717, 1.165) is 94.2 Å². The van der Waals surface area contributed by atoms with Crippen LogP contribution in [0, 0.1) is 23.7 Å². The Balaban J connectivity index is 1.06. The van der Waals surface area contributed by atoms with E-state index < -0.39 is 0 Å². The third-order valence-corrected chi connectivity index (χ3v) is 14.3. The normalized spacial score (nSPS) is 27.4. The summed E-state index contributed by atoms with van der Waals surface area (Å²) in [6.07, 6.45) is 10.2. The van der Waals surface area contributed by atoms with Crippen LogP contribution in [-0.4, -0.2) is 82.4 Å². The van der Waals surface area contributed by atoms with Gasteiger partial charge in [-0.1, -0.05) is 38.8 Å². The van der Waals surface area contributed by atoms with Crippen LogP contribution in [0.15, 0.2) is 85.2 Å². The fraction of sp³-hybridized carbons (Fsp3) is 0.458. The molecule has 6 saturated heterocycles. The first-order valence-electron chi connectivity index (χ1n) is 21.5. The molecule has 10 atom stereocenters. The summed E-state index contributed by atoms with van der Waals surface area (Å²) in [7, 11) is 3.42. The summed E-state index contributed by atoms with van der Waals surface area (Å²) in [5.41, 5.74) is 4.01. The van der Waals surface area contributed by atoms with Gasteiger partial charge in [0.1, 0.15) is 23.7 Å². The van der Waals surface area contributed by atoms with Crippen LogP contribution in [-0.2, 0) is 0 Å². The lowest BCUT2D eigenvalue weighted by molar-refractivity contribution is -0.0505. The van der Waals surface area contributed by atoms with E-state index in [1.165, 1.54) is 25.7 Å². The van der Waals surface area contributed by atoms with Crippen molar-refractivity contribution in [3.63, 3.8) is 0 Å². The molecule has 4 bridgehead atoms. The molecule has 6 fully saturated rings. The topological polar surface area (TPSA) is 95.0 Å². The summed E-state index contributed by atoms with van der Waals surface area (Å²) >= 11 is 0. The predicted octanol–water partition coefficient (Wildman–Crippen LogP) is 9.22. The molecule has 10 nitrogen and oxygen atoms in total. The van der Waals surface area contributed by atoms with Gasteiger partial charge in [-0.3, -0.25) is 19.8 Å². The summed E-state index contributed by atoms with van der Waals surface area (Å²) in [6.45, 7) is 9.00. The summed E-state index contributed by atoms with van der Waals surface area (Å²) in [5, 5.41) is 13.7. The summed E-state index contributed by atoms with van der Waals surface area (Å²) in [4.78, 5) is 14.8. The van der Waals surface area contributed by atoms with Crippen molar-refractivity contribution in [1.82, 2.24) is 30.0 Å². The minimum Gasteiger partial charge on any atom is -0.497 e. The molecule has 9 heterocycles. The standard InChI is InChI=1S/C48H54N6O4/c1-5-29-27-53-21-17-31(29)23-43(53)45(35-15-19-49-41-13-11-33(55-3)25-39(35)41)57-47-37-9-7-8-10-38(37)48(52-51-47)58-46(44-24-32-18-22-54(44)28-30(32)6-2)36-16-20-50-42-14-12-34(56-4)26-40(36)42/h7-16,19-20,25-26,29-32,43-46H,5-6,17-18,21-24,27-28H2,1-4H3/t29-,30-,31-,32+,43-,44-,45+,46-/m0/s1. The highest BCUT2D eigenvalue weighted by molar-refractivity contribution is 5.91. The van der Waals surface area contributed by atoms with E-state index in [1.54, 1.807) is 14.2 Å². The average Bonchev–Trinajstić information content (AvgIpc) is 3.29. The average molecular weight is 779 g/mol. The van der Waals surface area contributed by atoms with Gasteiger partial charge in [-0.25, -0.2) is 0 Å². The van der Waals surface area contributed by atoms with Crippen LogP contribution in [0.3, 0.4) is 0 Å². The Kier molecular flexibility index (Phi) is 10.0. The fourth-order valence-corrected chi connectivity index (χ4v) is 11.1. The van der Waals surface area contributed by atoms with Crippen LogP contribution in [0.4, 0.5) is 0 Å². The van der Waals surface area contributed by atoms with Crippen molar-refractivity contribution in [2.24, 2.45) is 23.7 Å². The molecular weight excluding hydrogens is 725 g/mol. The van der Waals surface area contributed by atoms with Crippen molar-refractivity contribution in [3.8, 4) is 23.3 Å². The van der Waals surface area contributed by atoms with Crippen molar-refractivity contribution in [3.05, 3.63) is 96.3 Å². The molecule has 3 aromatic heterocycles. The number of benzene rings is 3. The van der Waals surface area contributed by atoms with Crippen LogP contribution in [0.1, 0.15) is 75.7 Å². The van der Waals surface area contributed by atoms with Crippen molar-refractivity contribution in [2.75, 3.05) is 40.4 Å². The quantitative estimate of drug-likeness (QED) is 0.120. The molecule has 12 rings (SSSR count). The number of aromatic nitrogens is 4. The van der Waals surface area contributed by atoms with E-state index in [0.29, 0.717) is 35.4 Å².